The average molecular weight is 523 g/mol. The summed E-state index contributed by atoms with van der Waals surface area (Å²) < 4.78 is 14.8. The highest BCUT2D eigenvalue weighted by atomic mass is 32.2. The van der Waals surface area contributed by atoms with Crippen LogP contribution in [0.3, 0.4) is 0 Å². The van der Waals surface area contributed by atoms with Crippen molar-refractivity contribution in [3.63, 3.8) is 0 Å². The molecule has 1 fully saturated rings. The van der Waals surface area contributed by atoms with Crippen molar-refractivity contribution >= 4 is 17.7 Å². The van der Waals surface area contributed by atoms with E-state index in [1.807, 2.05) is 19.9 Å². The van der Waals surface area contributed by atoms with Gasteiger partial charge in [-0.2, -0.15) is 0 Å². The summed E-state index contributed by atoms with van der Waals surface area (Å²) in [5, 5.41) is 3.44. The summed E-state index contributed by atoms with van der Waals surface area (Å²) >= 11 is 1.34. The van der Waals surface area contributed by atoms with E-state index in [4.69, 9.17) is 0 Å². The third kappa shape index (κ3) is 7.08. The summed E-state index contributed by atoms with van der Waals surface area (Å²) in [6.07, 6.45) is 2.87. The van der Waals surface area contributed by atoms with Gasteiger partial charge in [-0.1, -0.05) is 61.2 Å². The van der Waals surface area contributed by atoms with E-state index in [2.05, 4.69) is 39.5 Å². The number of hydrogen-bond acceptors (Lipinski definition) is 5. The lowest BCUT2D eigenvalue weighted by molar-refractivity contribution is -0.121. The molecule has 1 N–H and O–H groups in total. The first kappa shape index (κ1) is 27.1. The van der Waals surface area contributed by atoms with Gasteiger partial charge < -0.3 is 5.32 Å². The van der Waals surface area contributed by atoms with E-state index in [1.165, 1.54) is 34.0 Å². The van der Waals surface area contributed by atoms with Gasteiger partial charge in [-0.15, -0.1) is 0 Å². The Hall–Kier alpha value is -2.97. The number of benzene rings is 2. The van der Waals surface area contributed by atoms with Gasteiger partial charge >= 0.3 is 0 Å². The van der Waals surface area contributed by atoms with Gasteiger partial charge in [0.15, 0.2) is 5.16 Å². The number of halogens is 1. The minimum absolute atomic E-state index is 0.00343. The predicted molar refractivity (Wildman–Crippen MR) is 146 cm³/mol. The molecule has 37 heavy (non-hydrogen) atoms. The van der Waals surface area contributed by atoms with Crippen molar-refractivity contribution < 1.29 is 9.18 Å². The second kappa shape index (κ2) is 12.5. The van der Waals surface area contributed by atoms with Gasteiger partial charge in [0.05, 0.1) is 5.25 Å². The minimum atomic E-state index is -0.331. The van der Waals surface area contributed by atoms with Crippen LogP contribution in [0.1, 0.15) is 48.6 Å². The Morgan fingerprint density at radius 3 is 2.43 bits per heavy atom. The second-order valence-electron chi connectivity index (χ2n) is 9.69. The molecule has 3 aromatic rings. The van der Waals surface area contributed by atoms with Crippen LogP contribution < -0.4 is 10.9 Å². The standard InChI is InChI=1S/C29H35FN4O2S/c1-4-26(27(35)32-24-14-16-34(17-15-24)19-22-8-6-5-7-9-22)37-29-31-20(2)25(28(36)33(29)3)18-21-10-12-23(30)13-11-21/h5-13,24,26H,4,14-19H2,1-3H3,(H,32,35). The van der Waals surface area contributed by atoms with Gasteiger partial charge in [0.1, 0.15) is 5.82 Å². The molecule has 1 unspecified atom stereocenters. The molecule has 2 aromatic carbocycles. The Balaban J connectivity index is 1.35. The molecule has 0 aliphatic carbocycles. The van der Waals surface area contributed by atoms with E-state index >= 15 is 0 Å². The topological polar surface area (TPSA) is 67.2 Å². The van der Waals surface area contributed by atoms with Gasteiger partial charge in [-0.25, -0.2) is 9.37 Å². The van der Waals surface area contributed by atoms with E-state index in [-0.39, 0.29) is 28.6 Å². The molecule has 196 valence electrons. The van der Waals surface area contributed by atoms with E-state index in [0.29, 0.717) is 29.3 Å². The Bertz CT molecular complexity index is 1260. The summed E-state index contributed by atoms with van der Waals surface area (Å²) in [5.74, 6) is -0.309. The number of hydrogen-bond donors (Lipinski definition) is 1. The quantitative estimate of drug-likeness (QED) is 0.332. The summed E-state index contributed by atoms with van der Waals surface area (Å²) in [6, 6.07) is 16.8. The van der Waals surface area contributed by atoms with E-state index in [1.54, 1.807) is 19.2 Å². The van der Waals surface area contributed by atoms with Crippen LogP contribution in [0.4, 0.5) is 4.39 Å². The maximum Gasteiger partial charge on any atom is 0.257 e. The van der Waals surface area contributed by atoms with Crippen molar-refractivity contribution in [2.45, 2.75) is 62.5 Å². The molecule has 1 amide bonds. The number of amides is 1. The third-order valence-electron chi connectivity index (χ3n) is 6.94. The van der Waals surface area contributed by atoms with Crippen LogP contribution in [0.15, 0.2) is 64.5 Å². The van der Waals surface area contributed by atoms with Gasteiger partial charge in [0.2, 0.25) is 5.91 Å². The smallest absolute Gasteiger partial charge is 0.257 e. The number of rotatable bonds is 9. The second-order valence-corrected chi connectivity index (χ2v) is 10.9. The Morgan fingerprint density at radius 2 is 1.78 bits per heavy atom. The molecule has 8 heteroatoms. The van der Waals surface area contributed by atoms with E-state index in [0.717, 1.165) is 38.0 Å². The molecule has 2 heterocycles. The van der Waals surface area contributed by atoms with Crippen molar-refractivity contribution in [2.75, 3.05) is 13.1 Å². The van der Waals surface area contributed by atoms with E-state index < -0.39 is 0 Å². The normalized spacial score (nSPS) is 15.5. The molecule has 0 radical (unpaired) electrons. The monoisotopic (exact) mass is 522 g/mol. The zero-order chi connectivity index (χ0) is 26.4. The van der Waals surface area contributed by atoms with Crippen molar-refractivity contribution in [3.8, 4) is 0 Å². The predicted octanol–water partition coefficient (Wildman–Crippen LogP) is 4.47. The molecule has 0 saturated carbocycles. The zero-order valence-corrected chi connectivity index (χ0v) is 22.6. The molecule has 1 saturated heterocycles. The molecule has 1 aliphatic heterocycles. The van der Waals surface area contributed by atoms with Crippen molar-refractivity contribution in [3.05, 3.63) is 93.2 Å². The van der Waals surface area contributed by atoms with Crippen molar-refractivity contribution in [1.82, 2.24) is 19.8 Å². The van der Waals surface area contributed by atoms with Crippen LogP contribution in [0.25, 0.3) is 0 Å². The van der Waals surface area contributed by atoms with Crippen LogP contribution in [-0.4, -0.2) is 44.7 Å². The molecular weight excluding hydrogens is 487 g/mol. The molecule has 1 atom stereocenters. The maximum absolute atomic E-state index is 13.3. The lowest BCUT2D eigenvalue weighted by atomic mass is 10.0. The number of aryl methyl sites for hydroxylation is 1. The minimum Gasteiger partial charge on any atom is -0.352 e. The summed E-state index contributed by atoms with van der Waals surface area (Å²) in [6.45, 7) is 6.64. The molecule has 4 rings (SSSR count). The van der Waals surface area contributed by atoms with Crippen molar-refractivity contribution in [2.24, 2.45) is 7.05 Å². The number of carbonyl (C=O) groups excluding carboxylic acids is 1. The molecule has 1 aliphatic rings. The largest absolute Gasteiger partial charge is 0.352 e. The summed E-state index contributed by atoms with van der Waals surface area (Å²) in [4.78, 5) is 33.4. The van der Waals surface area contributed by atoms with Gasteiger partial charge in [-0.3, -0.25) is 19.1 Å². The number of nitrogens with zero attached hydrogens (tertiary/aromatic N) is 3. The molecule has 1 aromatic heterocycles. The first-order valence-corrected chi connectivity index (χ1v) is 13.8. The van der Waals surface area contributed by atoms with Crippen LogP contribution in [0, 0.1) is 12.7 Å². The van der Waals surface area contributed by atoms with Crippen LogP contribution >= 0.6 is 11.8 Å². The van der Waals surface area contributed by atoms with Gasteiger partial charge in [0, 0.05) is 50.4 Å². The Kier molecular flexibility index (Phi) is 9.16. The fourth-order valence-electron chi connectivity index (χ4n) is 4.67. The fraction of sp³-hybridized carbons (Fsp3) is 0.414. The Morgan fingerprint density at radius 1 is 1.11 bits per heavy atom. The number of aromatic nitrogens is 2. The van der Waals surface area contributed by atoms with E-state index in [9.17, 15) is 14.0 Å². The molecular formula is C29H35FN4O2S. The average Bonchev–Trinajstić information content (AvgIpc) is 2.90. The first-order valence-electron chi connectivity index (χ1n) is 12.9. The van der Waals surface area contributed by atoms with Gasteiger partial charge in [-0.05, 0) is 49.4 Å². The number of piperidine rings is 1. The Labute approximate surface area is 222 Å². The highest BCUT2D eigenvalue weighted by Gasteiger charge is 2.26. The number of thioether (sulfide) groups is 1. The zero-order valence-electron chi connectivity index (χ0n) is 21.7. The van der Waals surface area contributed by atoms with Gasteiger partial charge in [0.25, 0.3) is 5.56 Å². The third-order valence-corrected chi connectivity index (χ3v) is 8.35. The highest BCUT2D eigenvalue weighted by Crippen LogP contribution is 2.25. The number of carbonyl (C=O) groups is 1. The maximum atomic E-state index is 13.3. The highest BCUT2D eigenvalue weighted by molar-refractivity contribution is 8.00. The summed E-state index contributed by atoms with van der Waals surface area (Å²) in [7, 11) is 1.69. The number of likely N-dealkylation sites (tertiary alicyclic amines) is 1. The van der Waals surface area contributed by atoms with Crippen LogP contribution in [0.5, 0.6) is 0 Å². The lowest BCUT2D eigenvalue weighted by Gasteiger charge is -2.33. The van der Waals surface area contributed by atoms with Crippen LogP contribution in [0.2, 0.25) is 0 Å². The van der Waals surface area contributed by atoms with Crippen molar-refractivity contribution in [1.29, 1.82) is 0 Å². The molecule has 6 nitrogen and oxygen atoms in total. The lowest BCUT2D eigenvalue weighted by Crippen LogP contribution is -2.46. The first-order chi connectivity index (χ1) is 17.8. The SMILES string of the molecule is CCC(Sc1nc(C)c(Cc2ccc(F)cc2)c(=O)n1C)C(=O)NC1CCN(Cc2ccccc2)CC1. The molecule has 0 spiro atoms. The number of nitrogens with one attached hydrogen (secondary N) is 1. The molecule has 0 bridgehead atoms. The fourth-order valence-corrected chi connectivity index (χ4v) is 5.69. The van der Waals surface area contributed by atoms with Crippen LogP contribution in [-0.2, 0) is 24.8 Å². The summed E-state index contributed by atoms with van der Waals surface area (Å²) in [5.41, 5.74) is 3.24.